The molecule has 2 rings (SSSR count). The van der Waals surface area contributed by atoms with Gasteiger partial charge in [0.05, 0.1) is 34.0 Å². The molecule has 0 radical (unpaired) electrons. The zero-order chi connectivity index (χ0) is 15.4. The van der Waals surface area contributed by atoms with Crippen molar-refractivity contribution in [2.45, 2.75) is 12.6 Å². The van der Waals surface area contributed by atoms with E-state index >= 15 is 0 Å². The maximum absolute atomic E-state index is 10.5. The molecule has 1 heterocycles. The van der Waals surface area contributed by atoms with Crippen LogP contribution < -0.4 is 4.74 Å². The minimum Gasteiger partial charge on any atom is -0.488 e. The molecule has 0 spiro atoms. The van der Waals surface area contributed by atoms with Crippen molar-refractivity contribution in [3.63, 3.8) is 0 Å². The predicted molar refractivity (Wildman–Crippen MR) is 76.8 cm³/mol. The van der Waals surface area contributed by atoms with E-state index in [0.29, 0.717) is 10.0 Å². The van der Waals surface area contributed by atoms with E-state index in [1.54, 1.807) is 18.2 Å². The molecule has 1 aromatic carbocycles. The molecule has 0 fully saturated rings. The highest BCUT2D eigenvalue weighted by Gasteiger charge is 2.15. The Morgan fingerprint density at radius 2 is 2.05 bits per heavy atom. The zero-order valence-corrected chi connectivity index (χ0v) is 12.2. The van der Waals surface area contributed by atoms with E-state index < -0.39 is 11.0 Å². The Labute approximate surface area is 129 Å². The lowest BCUT2D eigenvalue weighted by molar-refractivity contribution is -0.389. The van der Waals surface area contributed by atoms with Gasteiger partial charge >= 0.3 is 5.82 Å². The summed E-state index contributed by atoms with van der Waals surface area (Å²) < 4.78 is 6.63. The number of nitrogens with zero attached hydrogens (tertiary/aromatic N) is 3. The van der Waals surface area contributed by atoms with Gasteiger partial charge in [0.1, 0.15) is 12.7 Å². The van der Waals surface area contributed by atoms with Gasteiger partial charge in [-0.05, 0) is 17.1 Å². The van der Waals surface area contributed by atoms with Crippen LogP contribution in [0, 0.1) is 10.1 Å². The number of aromatic nitrogens is 2. The van der Waals surface area contributed by atoms with E-state index in [1.807, 2.05) is 0 Å². The maximum Gasteiger partial charge on any atom is 0.389 e. The number of hydrogen-bond donors (Lipinski definition) is 1. The molecule has 0 saturated carbocycles. The van der Waals surface area contributed by atoms with Crippen molar-refractivity contribution in [3.8, 4) is 5.75 Å². The molecule has 1 N–H and O–H groups in total. The molecule has 1 unspecified atom stereocenters. The molecule has 0 amide bonds. The highest BCUT2D eigenvalue weighted by molar-refractivity contribution is 6.37. The van der Waals surface area contributed by atoms with E-state index in [1.165, 1.54) is 16.9 Å². The van der Waals surface area contributed by atoms with E-state index in [2.05, 4.69) is 5.10 Å². The van der Waals surface area contributed by atoms with Gasteiger partial charge in [0.15, 0.2) is 5.75 Å². The van der Waals surface area contributed by atoms with Crippen LogP contribution in [0.4, 0.5) is 5.82 Å². The SMILES string of the molecule is O=[N+]([O-])c1ccn(CC(O)COc2c(Cl)cccc2Cl)n1. The van der Waals surface area contributed by atoms with Crippen LogP contribution in [0.5, 0.6) is 5.75 Å². The summed E-state index contributed by atoms with van der Waals surface area (Å²) in [5.41, 5.74) is 0. The van der Waals surface area contributed by atoms with Gasteiger partial charge in [0.25, 0.3) is 0 Å². The number of aliphatic hydroxyl groups excluding tert-OH is 1. The highest BCUT2D eigenvalue weighted by atomic mass is 35.5. The van der Waals surface area contributed by atoms with Crippen molar-refractivity contribution in [3.05, 3.63) is 50.6 Å². The Balaban J connectivity index is 1.92. The lowest BCUT2D eigenvalue weighted by atomic mass is 10.3. The Morgan fingerprint density at radius 3 is 2.62 bits per heavy atom. The van der Waals surface area contributed by atoms with Crippen molar-refractivity contribution in [2.75, 3.05) is 6.61 Å². The molecular formula is C12H11Cl2N3O4. The van der Waals surface area contributed by atoms with Crippen LogP contribution in [0.15, 0.2) is 30.5 Å². The van der Waals surface area contributed by atoms with Gasteiger partial charge in [-0.3, -0.25) is 0 Å². The third-order valence-corrected chi connectivity index (χ3v) is 3.15. The number of rotatable bonds is 6. The van der Waals surface area contributed by atoms with Crippen LogP contribution in [-0.4, -0.2) is 32.5 Å². The monoisotopic (exact) mass is 331 g/mol. The van der Waals surface area contributed by atoms with Crippen LogP contribution in [0.3, 0.4) is 0 Å². The molecule has 21 heavy (non-hydrogen) atoms. The van der Waals surface area contributed by atoms with Gasteiger partial charge in [-0.1, -0.05) is 29.3 Å². The zero-order valence-electron chi connectivity index (χ0n) is 10.6. The number of para-hydroxylation sites is 1. The third-order valence-electron chi connectivity index (χ3n) is 2.55. The summed E-state index contributed by atoms with van der Waals surface area (Å²) in [6, 6.07) is 6.16. The summed E-state index contributed by atoms with van der Waals surface area (Å²) >= 11 is 11.9. The van der Waals surface area contributed by atoms with Crippen molar-refractivity contribution in [1.82, 2.24) is 9.78 Å². The second-order valence-electron chi connectivity index (χ2n) is 4.17. The van der Waals surface area contributed by atoms with Crippen molar-refractivity contribution >= 4 is 29.0 Å². The Kier molecular flexibility index (Phi) is 5.00. The number of aliphatic hydroxyl groups is 1. The smallest absolute Gasteiger partial charge is 0.389 e. The fraction of sp³-hybridized carbons (Fsp3) is 0.250. The van der Waals surface area contributed by atoms with Gasteiger partial charge in [-0.2, -0.15) is 4.68 Å². The quantitative estimate of drug-likeness (QED) is 0.648. The number of benzene rings is 1. The molecule has 2 aromatic rings. The fourth-order valence-electron chi connectivity index (χ4n) is 1.62. The topological polar surface area (TPSA) is 90.4 Å². The first-order chi connectivity index (χ1) is 9.97. The maximum atomic E-state index is 10.5. The number of ether oxygens (including phenoxy) is 1. The van der Waals surface area contributed by atoms with E-state index in [4.69, 9.17) is 27.9 Å². The molecule has 1 aromatic heterocycles. The van der Waals surface area contributed by atoms with Gasteiger partial charge in [0.2, 0.25) is 0 Å². The largest absolute Gasteiger partial charge is 0.488 e. The second-order valence-corrected chi connectivity index (χ2v) is 4.98. The molecule has 0 saturated heterocycles. The minimum atomic E-state index is -0.920. The first kappa shape index (κ1) is 15.6. The fourth-order valence-corrected chi connectivity index (χ4v) is 2.13. The Morgan fingerprint density at radius 1 is 1.38 bits per heavy atom. The average molecular weight is 332 g/mol. The van der Waals surface area contributed by atoms with E-state index in [9.17, 15) is 15.2 Å². The lowest BCUT2D eigenvalue weighted by Crippen LogP contribution is -2.24. The minimum absolute atomic E-state index is 0.0515. The molecule has 7 nitrogen and oxygen atoms in total. The Bertz CT molecular complexity index is 627. The molecule has 0 aliphatic heterocycles. The van der Waals surface area contributed by atoms with Crippen LogP contribution in [0.2, 0.25) is 10.0 Å². The molecule has 1 atom stereocenters. The first-order valence-electron chi connectivity index (χ1n) is 5.90. The van der Waals surface area contributed by atoms with Crippen molar-refractivity contribution < 1.29 is 14.8 Å². The third kappa shape index (κ3) is 4.07. The average Bonchev–Trinajstić information content (AvgIpc) is 2.87. The second kappa shape index (κ2) is 6.75. The van der Waals surface area contributed by atoms with Gasteiger partial charge < -0.3 is 20.0 Å². The van der Waals surface area contributed by atoms with Crippen LogP contribution >= 0.6 is 23.2 Å². The van der Waals surface area contributed by atoms with Crippen LogP contribution in [0.25, 0.3) is 0 Å². The Hall–Kier alpha value is -1.83. The molecular weight excluding hydrogens is 321 g/mol. The van der Waals surface area contributed by atoms with Gasteiger partial charge in [0, 0.05) is 0 Å². The summed E-state index contributed by atoms with van der Waals surface area (Å²) in [6.07, 6.45) is 0.487. The highest BCUT2D eigenvalue weighted by Crippen LogP contribution is 2.32. The summed E-state index contributed by atoms with van der Waals surface area (Å²) in [5, 5.41) is 24.7. The van der Waals surface area contributed by atoms with Gasteiger partial charge in [-0.25, -0.2) is 0 Å². The molecule has 0 bridgehead atoms. The standard InChI is InChI=1S/C12H11Cl2N3O4/c13-9-2-1-3-10(14)12(9)21-7-8(18)6-16-5-4-11(15-16)17(19)20/h1-5,8,18H,6-7H2. The summed E-state index contributed by atoms with van der Waals surface area (Å²) in [4.78, 5) is 9.89. The number of hydrogen-bond acceptors (Lipinski definition) is 5. The lowest BCUT2D eigenvalue weighted by Gasteiger charge is -2.13. The molecule has 9 heteroatoms. The predicted octanol–water partition coefficient (Wildman–Crippen LogP) is 2.54. The van der Waals surface area contributed by atoms with E-state index in [0.717, 1.165) is 0 Å². The number of nitro groups is 1. The van der Waals surface area contributed by atoms with E-state index in [-0.39, 0.29) is 24.7 Å². The summed E-state index contributed by atoms with van der Waals surface area (Å²) in [6.45, 7) is -0.0208. The number of halogens is 2. The first-order valence-corrected chi connectivity index (χ1v) is 6.65. The van der Waals surface area contributed by atoms with Crippen LogP contribution in [0.1, 0.15) is 0 Å². The normalized spacial score (nSPS) is 12.1. The summed E-state index contributed by atoms with van der Waals surface area (Å²) in [5.74, 6) is 0.00333. The molecule has 0 aliphatic rings. The van der Waals surface area contributed by atoms with Gasteiger partial charge in [-0.15, -0.1) is 0 Å². The summed E-state index contributed by atoms with van der Waals surface area (Å²) in [7, 11) is 0. The molecule has 0 aliphatic carbocycles. The van der Waals surface area contributed by atoms with Crippen molar-refractivity contribution in [1.29, 1.82) is 0 Å². The van der Waals surface area contributed by atoms with Crippen LogP contribution in [-0.2, 0) is 6.54 Å². The molecule has 112 valence electrons. The van der Waals surface area contributed by atoms with Crippen molar-refractivity contribution in [2.24, 2.45) is 0 Å².